The van der Waals surface area contributed by atoms with Gasteiger partial charge in [0.15, 0.2) is 5.17 Å². The summed E-state index contributed by atoms with van der Waals surface area (Å²) in [5.41, 5.74) is 4.15. The normalized spacial score (nSPS) is 18.4. The second kappa shape index (κ2) is 11.6. The molecule has 206 valence electrons. The molecule has 0 spiro atoms. The van der Waals surface area contributed by atoms with Gasteiger partial charge in [0.1, 0.15) is 18.9 Å². The van der Waals surface area contributed by atoms with Crippen LogP contribution in [0.15, 0.2) is 82.7 Å². The minimum Gasteiger partial charge on any atom is -0.489 e. The van der Waals surface area contributed by atoms with E-state index in [-0.39, 0.29) is 12.5 Å². The molecule has 11 heteroatoms. The van der Waals surface area contributed by atoms with E-state index >= 15 is 0 Å². The van der Waals surface area contributed by atoms with Gasteiger partial charge < -0.3 is 10.1 Å². The summed E-state index contributed by atoms with van der Waals surface area (Å²) in [7, 11) is -3.87. The summed E-state index contributed by atoms with van der Waals surface area (Å²) in [6.45, 7) is 4.62. The zero-order valence-corrected chi connectivity index (χ0v) is 23.6. The van der Waals surface area contributed by atoms with Crippen molar-refractivity contribution >= 4 is 56.4 Å². The summed E-state index contributed by atoms with van der Waals surface area (Å²) in [4.78, 5) is 28.9. The molecule has 0 saturated carbocycles. The molecule has 0 aliphatic carbocycles. The number of nitrogens with zero attached hydrogens (tertiary/aromatic N) is 2. The molecule has 2 heterocycles. The topological polar surface area (TPSA) is 117 Å². The van der Waals surface area contributed by atoms with E-state index in [0.29, 0.717) is 34.0 Å². The number of carbonyl (C=O) groups excluding carboxylic acids is 2. The van der Waals surface area contributed by atoms with Crippen molar-refractivity contribution in [3.8, 4) is 5.75 Å². The quantitative estimate of drug-likeness (QED) is 0.381. The Labute approximate surface area is 237 Å². The zero-order chi connectivity index (χ0) is 28.3. The highest BCUT2D eigenvalue weighted by Gasteiger charge is 2.33. The van der Waals surface area contributed by atoms with Gasteiger partial charge in [0.25, 0.3) is 11.8 Å². The molecule has 0 atom stereocenters. The number of benzene rings is 3. The minimum atomic E-state index is -3.87. The number of ether oxygens (including phenoxy) is 1. The highest BCUT2D eigenvalue weighted by molar-refractivity contribution is 8.18. The summed E-state index contributed by atoms with van der Waals surface area (Å²) in [6, 6.07) is 22.4. The molecular formula is C29H28N4O5S2. The lowest BCUT2D eigenvalue weighted by atomic mass is 10.0. The Balaban J connectivity index is 1.18. The van der Waals surface area contributed by atoms with Gasteiger partial charge in [0, 0.05) is 0 Å². The van der Waals surface area contributed by atoms with Crippen LogP contribution in [0.25, 0.3) is 6.08 Å². The van der Waals surface area contributed by atoms with E-state index in [1.807, 2.05) is 29.0 Å². The first-order chi connectivity index (χ1) is 19.1. The van der Waals surface area contributed by atoms with Gasteiger partial charge in [-0.25, -0.2) is 14.0 Å². The van der Waals surface area contributed by atoms with E-state index in [0.717, 1.165) is 27.6 Å². The maximum absolute atomic E-state index is 12.5. The molecule has 9 nitrogen and oxygen atoms in total. The van der Waals surface area contributed by atoms with Gasteiger partial charge in [-0.1, -0.05) is 50.2 Å². The average molecular weight is 577 g/mol. The zero-order valence-electron chi connectivity index (χ0n) is 22.0. The Hall–Kier alpha value is -4.09. The molecule has 5 rings (SSSR count). The standard InChI is InChI=1S/C29H28N4O5S2/c1-19(2)15-20-3-5-22(6-4-20)18-38-25-13-7-21(8-14-25)16-26-28(35)31-29(39-26)30-23-9-11-24(12-10-23)33-17-27(34)32-40(33,36)37/h3-14,16,19H,15,17-18H2,1-2H3,(H,32,34)(H,30,31,35)/b26-16+. The van der Waals surface area contributed by atoms with Crippen molar-refractivity contribution in [1.29, 1.82) is 0 Å². The Kier molecular flexibility index (Phi) is 7.95. The third-order valence-electron chi connectivity index (χ3n) is 6.09. The molecular weight excluding hydrogens is 548 g/mol. The number of amides is 2. The number of thioether (sulfide) groups is 1. The molecule has 0 unspecified atom stereocenters. The van der Waals surface area contributed by atoms with E-state index in [9.17, 15) is 18.0 Å². The minimum absolute atomic E-state index is 0.255. The molecule has 0 radical (unpaired) electrons. The molecule has 3 aromatic rings. The molecule has 2 N–H and O–H groups in total. The van der Waals surface area contributed by atoms with Gasteiger partial charge in [-0.15, -0.1) is 0 Å². The fraction of sp³-hybridized carbons (Fsp3) is 0.207. The van der Waals surface area contributed by atoms with Gasteiger partial charge >= 0.3 is 10.2 Å². The van der Waals surface area contributed by atoms with E-state index in [1.54, 1.807) is 30.3 Å². The average Bonchev–Trinajstić information content (AvgIpc) is 3.40. The summed E-state index contributed by atoms with van der Waals surface area (Å²) in [6.07, 6.45) is 2.84. The Morgan fingerprint density at radius 2 is 1.65 bits per heavy atom. The van der Waals surface area contributed by atoms with Crippen LogP contribution in [0, 0.1) is 5.92 Å². The highest BCUT2D eigenvalue weighted by atomic mass is 32.2. The van der Waals surface area contributed by atoms with Crippen LogP contribution >= 0.6 is 11.8 Å². The SMILES string of the molecule is CC(C)Cc1ccc(COc2ccc(/C=C3/SC(=Nc4ccc(N5CC(=O)NS5(=O)=O)cc4)NC3=O)cc2)cc1. The summed E-state index contributed by atoms with van der Waals surface area (Å²) in [5.74, 6) is 0.524. The maximum Gasteiger partial charge on any atom is 0.326 e. The van der Waals surface area contributed by atoms with Crippen LogP contribution in [-0.4, -0.2) is 31.9 Å². The fourth-order valence-electron chi connectivity index (χ4n) is 4.19. The highest BCUT2D eigenvalue weighted by Crippen LogP contribution is 2.30. The van der Waals surface area contributed by atoms with Crippen LogP contribution in [-0.2, 0) is 32.8 Å². The van der Waals surface area contributed by atoms with Crippen molar-refractivity contribution < 1.29 is 22.7 Å². The lowest BCUT2D eigenvalue weighted by Crippen LogP contribution is -2.29. The first kappa shape index (κ1) is 27.5. The number of hydrogen-bond donors (Lipinski definition) is 2. The fourth-order valence-corrected chi connectivity index (χ4v) is 6.18. The Morgan fingerprint density at radius 1 is 0.975 bits per heavy atom. The number of amidine groups is 1. The lowest BCUT2D eigenvalue weighted by Gasteiger charge is -2.14. The molecule has 3 aromatic carbocycles. The molecule has 0 bridgehead atoms. The second-order valence-corrected chi connectivity index (χ2v) is 12.4. The van der Waals surface area contributed by atoms with Crippen LogP contribution in [0.4, 0.5) is 11.4 Å². The molecule has 2 aliphatic rings. The smallest absolute Gasteiger partial charge is 0.326 e. The summed E-state index contributed by atoms with van der Waals surface area (Å²) in [5, 5.41) is 3.16. The number of rotatable bonds is 8. The first-order valence-corrected chi connectivity index (χ1v) is 14.9. The predicted molar refractivity (Wildman–Crippen MR) is 157 cm³/mol. The Bertz CT molecular complexity index is 1580. The van der Waals surface area contributed by atoms with E-state index in [4.69, 9.17) is 4.74 Å². The van der Waals surface area contributed by atoms with Crippen LogP contribution in [0.1, 0.15) is 30.5 Å². The molecule has 0 aromatic heterocycles. The van der Waals surface area contributed by atoms with Crippen LogP contribution < -0.4 is 19.1 Å². The number of carbonyl (C=O) groups is 2. The van der Waals surface area contributed by atoms with E-state index < -0.39 is 16.1 Å². The van der Waals surface area contributed by atoms with Gasteiger partial charge in [0.05, 0.1) is 16.3 Å². The molecule has 2 aliphatic heterocycles. The largest absolute Gasteiger partial charge is 0.489 e. The van der Waals surface area contributed by atoms with Gasteiger partial charge in [-0.05, 0) is 83.3 Å². The van der Waals surface area contributed by atoms with Crippen LogP contribution in [0.3, 0.4) is 0 Å². The Morgan fingerprint density at radius 3 is 2.27 bits per heavy atom. The van der Waals surface area contributed by atoms with E-state index in [2.05, 4.69) is 48.4 Å². The number of anilines is 1. The van der Waals surface area contributed by atoms with Crippen molar-refractivity contribution in [2.24, 2.45) is 10.9 Å². The molecule has 2 saturated heterocycles. The van der Waals surface area contributed by atoms with E-state index in [1.165, 1.54) is 17.3 Å². The van der Waals surface area contributed by atoms with Crippen molar-refractivity contribution in [2.45, 2.75) is 26.9 Å². The van der Waals surface area contributed by atoms with Crippen LogP contribution in [0.5, 0.6) is 5.75 Å². The molecule has 40 heavy (non-hydrogen) atoms. The monoisotopic (exact) mass is 576 g/mol. The second-order valence-electron chi connectivity index (χ2n) is 9.81. The van der Waals surface area contributed by atoms with Crippen molar-refractivity contribution in [3.05, 3.63) is 94.4 Å². The van der Waals surface area contributed by atoms with Gasteiger partial charge in [0.2, 0.25) is 0 Å². The third-order valence-corrected chi connectivity index (χ3v) is 8.41. The first-order valence-electron chi connectivity index (χ1n) is 12.7. The van der Waals surface area contributed by atoms with Gasteiger partial charge in [-0.3, -0.25) is 9.59 Å². The maximum atomic E-state index is 12.5. The van der Waals surface area contributed by atoms with Crippen LogP contribution in [0.2, 0.25) is 0 Å². The van der Waals surface area contributed by atoms with Gasteiger partial charge in [-0.2, -0.15) is 8.42 Å². The van der Waals surface area contributed by atoms with Crippen molar-refractivity contribution in [3.63, 3.8) is 0 Å². The van der Waals surface area contributed by atoms with Crippen molar-refractivity contribution in [2.75, 3.05) is 10.8 Å². The lowest BCUT2D eigenvalue weighted by molar-refractivity contribution is -0.117. The summed E-state index contributed by atoms with van der Waals surface area (Å²) >= 11 is 1.21. The predicted octanol–water partition coefficient (Wildman–Crippen LogP) is 4.54. The number of hydrogen-bond acceptors (Lipinski definition) is 7. The number of aliphatic imine (C=N–C) groups is 1. The third kappa shape index (κ3) is 6.72. The summed E-state index contributed by atoms with van der Waals surface area (Å²) < 4.78 is 32.9. The molecule has 2 amide bonds. The van der Waals surface area contributed by atoms with Crippen molar-refractivity contribution in [1.82, 2.24) is 10.0 Å². The number of nitrogens with one attached hydrogen (secondary N) is 2. The molecule has 2 fully saturated rings.